The van der Waals surface area contributed by atoms with Gasteiger partial charge in [-0.05, 0) is 48.3 Å². The Morgan fingerprint density at radius 3 is 2.56 bits per heavy atom. The van der Waals surface area contributed by atoms with Crippen LogP contribution in [0.15, 0.2) is 24.3 Å². The number of hydrogen-bond donors (Lipinski definition) is 1. The van der Waals surface area contributed by atoms with E-state index in [1.807, 2.05) is 24.3 Å². The van der Waals surface area contributed by atoms with E-state index in [2.05, 4.69) is 26.1 Å². The minimum atomic E-state index is 0.153. The van der Waals surface area contributed by atoms with Crippen molar-refractivity contribution in [2.24, 2.45) is 23.7 Å². The summed E-state index contributed by atoms with van der Waals surface area (Å²) in [7, 11) is 1.66. The standard InChI is InChI=1S/C21H33NO3/c1-15(2)19-10-5-16(3)13-20(19)21(23)22-14-17-6-8-18(9-7-17)25-12-11-24-4/h6-9,15-16,19-20H,5,10-14H2,1-4H3,(H,22,23)/t16-,19+,20-/m1/s1. The monoisotopic (exact) mass is 347 g/mol. The Balaban J connectivity index is 1.85. The van der Waals surface area contributed by atoms with Gasteiger partial charge in [0.1, 0.15) is 12.4 Å². The maximum atomic E-state index is 12.7. The average Bonchev–Trinajstić information content (AvgIpc) is 2.60. The molecule has 0 radical (unpaired) electrons. The van der Waals surface area contributed by atoms with E-state index in [9.17, 15) is 4.79 Å². The molecule has 3 atom stereocenters. The number of ether oxygens (including phenoxy) is 2. The molecule has 0 bridgehead atoms. The molecule has 1 fully saturated rings. The maximum Gasteiger partial charge on any atom is 0.223 e. The fourth-order valence-electron chi connectivity index (χ4n) is 3.77. The second-order valence-corrected chi connectivity index (χ2v) is 7.64. The van der Waals surface area contributed by atoms with Gasteiger partial charge in [-0.25, -0.2) is 0 Å². The van der Waals surface area contributed by atoms with Crippen LogP contribution in [-0.4, -0.2) is 26.2 Å². The first-order valence-electron chi connectivity index (χ1n) is 9.49. The number of amides is 1. The highest BCUT2D eigenvalue weighted by molar-refractivity contribution is 5.79. The molecule has 0 saturated heterocycles. The van der Waals surface area contributed by atoms with Gasteiger partial charge in [-0.15, -0.1) is 0 Å². The van der Waals surface area contributed by atoms with Gasteiger partial charge in [-0.1, -0.05) is 39.3 Å². The third-order valence-corrected chi connectivity index (χ3v) is 5.31. The molecule has 0 unspecified atom stereocenters. The van der Waals surface area contributed by atoms with Gasteiger partial charge in [0.2, 0.25) is 5.91 Å². The zero-order valence-corrected chi connectivity index (χ0v) is 16.1. The molecule has 1 aromatic rings. The number of benzene rings is 1. The molecule has 2 rings (SSSR count). The molecule has 4 nitrogen and oxygen atoms in total. The van der Waals surface area contributed by atoms with Crippen molar-refractivity contribution in [3.8, 4) is 5.75 Å². The summed E-state index contributed by atoms with van der Waals surface area (Å²) in [5.41, 5.74) is 1.09. The second-order valence-electron chi connectivity index (χ2n) is 7.64. The molecule has 25 heavy (non-hydrogen) atoms. The van der Waals surface area contributed by atoms with E-state index in [1.165, 1.54) is 12.8 Å². The maximum absolute atomic E-state index is 12.7. The zero-order chi connectivity index (χ0) is 18.2. The van der Waals surface area contributed by atoms with Crippen LogP contribution in [0.1, 0.15) is 45.6 Å². The van der Waals surface area contributed by atoms with E-state index in [-0.39, 0.29) is 11.8 Å². The Hall–Kier alpha value is -1.55. The van der Waals surface area contributed by atoms with Crippen molar-refractivity contribution in [2.75, 3.05) is 20.3 Å². The van der Waals surface area contributed by atoms with Crippen LogP contribution in [0.5, 0.6) is 5.75 Å². The van der Waals surface area contributed by atoms with Gasteiger partial charge in [-0.2, -0.15) is 0 Å². The number of nitrogens with one attached hydrogen (secondary N) is 1. The molecular formula is C21H33NO3. The number of methoxy groups -OCH3 is 1. The zero-order valence-electron chi connectivity index (χ0n) is 16.1. The largest absolute Gasteiger partial charge is 0.491 e. The SMILES string of the molecule is COCCOc1ccc(CNC(=O)[C@@H]2C[C@H](C)CC[C@H]2C(C)C)cc1. The topological polar surface area (TPSA) is 47.6 Å². The van der Waals surface area contributed by atoms with E-state index < -0.39 is 0 Å². The molecule has 0 aromatic heterocycles. The molecular weight excluding hydrogens is 314 g/mol. The van der Waals surface area contributed by atoms with Crippen LogP contribution in [0.25, 0.3) is 0 Å². The van der Waals surface area contributed by atoms with Gasteiger partial charge in [0.05, 0.1) is 6.61 Å². The number of carbonyl (C=O) groups excluding carboxylic acids is 1. The van der Waals surface area contributed by atoms with E-state index in [4.69, 9.17) is 9.47 Å². The van der Waals surface area contributed by atoms with Gasteiger partial charge in [0.15, 0.2) is 0 Å². The average molecular weight is 347 g/mol. The van der Waals surface area contributed by atoms with Gasteiger partial charge < -0.3 is 14.8 Å². The molecule has 0 spiro atoms. The molecule has 140 valence electrons. The van der Waals surface area contributed by atoms with Crippen LogP contribution < -0.4 is 10.1 Å². The smallest absolute Gasteiger partial charge is 0.223 e. The summed E-state index contributed by atoms with van der Waals surface area (Å²) in [5.74, 6) is 2.91. The van der Waals surface area contributed by atoms with Crippen LogP contribution in [-0.2, 0) is 16.1 Å². The van der Waals surface area contributed by atoms with Crippen LogP contribution in [0, 0.1) is 23.7 Å². The van der Waals surface area contributed by atoms with Crippen LogP contribution >= 0.6 is 0 Å². The summed E-state index contributed by atoms with van der Waals surface area (Å²) in [5, 5.41) is 3.15. The highest BCUT2D eigenvalue weighted by atomic mass is 16.5. The Morgan fingerprint density at radius 2 is 1.92 bits per heavy atom. The van der Waals surface area contributed by atoms with E-state index >= 15 is 0 Å². The summed E-state index contributed by atoms with van der Waals surface area (Å²) in [6.45, 7) is 8.44. The Labute approximate surface area is 152 Å². The van der Waals surface area contributed by atoms with Crippen molar-refractivity contribution < 1.29 is 14.3 Å². The third-order valence-electron chi connectivity index (χ3n) is 5.31. The van der Waals surface area contributed by atoms with Crippen molar-refractivity contribution in [2.45, 2.75) is 46.6 Å². The van der Waals surface area contributed by atoms with E-state index in [0.29, 0.717) is 37.5 Å². The highest BCUT2D eigenvalue weighted by Crippen LogP contribution is 2.38. The number of carbonyl (C=O) groups is 1. The normalized spacial score (nSPS) is 23.5. The summed E-state index contributed by atoms with van der Waals surface area (Å²) >= 11 is 0. The quantitative estimate of drug-likeness (QED) is 0.722. The lowest BCUT2D eigenvalue weighted by molar-refractivity contribution is -0.129. The molecule has 4 heteroatoms. The summed E-state index contributed by atoms with van der Waals surface area (Å²) in [4.78, 5) is 12.7. The molecule has 0 heterocycles. The van der Waals surface area contributed by atoms with Gasteiger partial charge >= 0.3 is 0 Å². The number of hydrogen-bond acceptors (Lipinski definition) is 3. The van der Waals surface area contributed by atoms with Crippen molar-refractivity contribution in [1.82, 2.24) is 5.32 Å². The minimum Gasteiger partial charge on any atom is -0.491 e. The van der Waals surface area contributed by atoms with Crippen LogP contribution in [0.4, 0.5) is 0 Å². The molecule has 1 aromatic carbocycles. The van der Waals surface area contributed by atoms with Crippen molar-refractivity contribution >= 4 is 5.91 Å². The Morgan fingerprint density at radius 1 is 1.20 bits per heavy atom. The number of rotatable bonds is 8. The lowest BCUT2D eigenvalue weighted by atomic mass is 9.70. The van der Waals surface area contributed by atoms with Crippen molar-refractivity contribution in [1.29, 1.82) is 0 Å². The lowest BCUT2D eigenvalue weighted by Crippen LogP contribution is -2.39. The summed E-state index contributed by atoms with van der Waals surface area (Å²) < 4.78 is 10.5. The van der Waals surface area contributed by atoms with E-state index in [1.54, 1.807) is 7.11 Å². The molecule has 1 aliphatic rings. The molecule has 1 N–H and O–H groups in total. The van der Waals surface area contributed by atoms with Crippen molar-refractivity contribution in [3.05, 3.63) is 29.8 Å². The molecule has 1 amide bonds. The minimum absolute atomic E-state index is 0.153. The predicted molar refractivity (Wildman–Crippen MR) is 100 cm³/mol. The lowest BCUT2D eigenvalue weighted by Gasteiger charge is -2.36. The second kappa shape index (κ2) is 9.81. The fraction of sp³-hybridized carbons (Fsp3) is 0.667. The first-order chi connectivity index (χ1) is 12.0. The van der Waals surface area contributed by atoms with Crippen LogP contribution in [0.3, 0.4) is 0 Å². The van der Waals surface area contributed by atoms with Crippen molar-refractivity contribution in [3.63, 3.8) is 0 Å². The molecule has 1 saturated carbocycles. The molecule has 0 aliphatic heterocycles. The van der Waals surface area contributed by atoms with Gasteiger partial charge in [0, 0.05) is 19.6 Å². The highest BCUT2D eigenvalue weighted by Gasteiger charge is 2.35. The Kier molecular flexibility index (Phi) is 7.76. The first kappa shape index (κ1) is 19.8. The molecule has 1 aliphatic carbocycles. The van der Waals surface area contributed by atoms with Gasteiger partial charge in [-0.3, -0.25) is 4.79 Å². The predicted octanol–water partition coefficient (Wildman–Crippen LogP) is 4.04. The van der Waals surface area contributed by atoms with Gasteiger partial charge in [0.25, 0.3) is 0 Å². The Bertz CT molecular complexity index is 526. The third kappa shape index (κ3) is 6.03. The summed E-state index contributed by atoms with van der Waals surface area (Å²) in [6.07, 6.45) is 3.43. The summed E-state index contributed by atoms with van der Waals surface area (Å²) in [6, 6.07) is 7.89. The fourth-order valence-corrected chi connectivity index (χ4v) is 3.77. The first-order valence-corrected chi connectivity index (χ1v) is 9.49. The van der Waals surface area contributed by atoms with E-state index in [0.717, 1.165) is 17.7 Å². The van der Waals surface area contributed by atoms with Crippen LogP contribution in [0.2, 0.25) is 0 Å².